The molecule has 1 N–H and O–H groups in total. The molecule has 0 bridgehead atoms. The highest BCUT2D eigenvalue weighted by Gasteiger charge is 2.34. The molecule has 530 valence electrons. The Balaban J connectivity index is 1.03. The molecule has 0 spiro atoms. The average molecular weight is 1350 g/mol. The van der Waals surface area contributed by atoms with E-state index in [-0.39, 0.29) is 68.2 Å². The summed E-state index contributed by atoms with van der Waals surface area (Å²) in [4.78, 5) is 0. The van der Waals surface area contributed by atoms with Gasteiger partial charge in [0.1, 0.15) is 23.1 Å². The quantitative estimate of drug-likeness (QED) is 0.0647. The Bertz CT molecular complexity index is 4580. The van der Waals surface area contributed by atoms with Crippen LogP contribution < -0.4 is 9.47 Å². The van der Waals surface area contributed by atoms with Crippen LogP contribution in [0.5, 0.6) is 11.5 Å². The summed E-state index contributed by atoms with van der Waals surface area (Å²) < 4.78 is 53.2. The first-order chi connectivity index (χ1) is 46.4. The molecule has 0 aliphatic heterocycles. The molecular weight excluding hydrogens is 1230 g/mol. The van der Waals surface area contributed by atoms with Crippen LogP contribution in [0.4, 0.5) is 8.78 Å². The normalized spacial score (nSPS) is 13.2. The fraction of sp³-hybridized carbons (Fsp3) is 0.447. The van der Waals surface area contributed by atoms with Crippen molar-refractivity contribution in [2.75, 3.05) is 20.3 Å². The van der Waals surface area contributed by atoms with Gasteiger partial charge in [-0.1, -0.05) is 225 Å². The number of aliphatic hydroxyl groups is 1. The zero-order valence-corrected chi connectivity index (χ0v) is 65.5. The van der Waals surface area contributed by atoms with Crippen LogP contribution in [0.25, 0.3) is 87.6 Å². The van der Waals surface area contributed by atoms with Gasteiger partial charge in [-0.15, -0.1) is 0 Å². The van der Waals surface area contributed by atoms with E-state index in [0.29, 0.717) is 54.2 Å². The fourth-order valence-corrected chi connectivity index (χ4v) is 16.0. The lowest BCUT2D eigenvalue weighted by atomic mass is 9.70. The van der Waals surface area contributed by atoms with E-state index in [1.807, 2.05) is 13.8 Å². The van der Waals surface area contributed by atoms with Crippen molar-refractivity contribution in [1.29, 1.82) is 0 Å². The lowest BCUT2D eigenvalue weighted by molar-refractivity contribution is 0.185. The summed E-state index contributed by atoms with van der Waals surface area (Å²) >= 11 is 0. The molecule has 10 aromatic carbocycles. The Kier molecular flexibility index (Phi) is 20.9. The molecule has 0 aliphatic carbocycles. The largest absolute Gasteiger partial charge is 0.493 e. The smallest absolute Gasteiger partial charge is 0.130 e. The van der Waals surface area contributed by atoms with E-state index in [1.54, 1.807) is 31.4 Å². The number of hydrogen-bond acceptors (Lipinski definition) is 4. The molecule has 0 radical (unpaired) electrons. The van der Waals surface area contributed by atoms with Gasteiger partial charge in [0.15, 0.2) is 0 Å². The van der Waals surface area contributed by atoms with Crippen LogP contribution in [0, 0.1) is 36.3 Å². The molecule has 100 heavy (non-hydrogen) atoms. The van der Waals surface area contributed by atoms with Gasteiger partial charge in [-0.2, -0.15) is 0 Å². The van der Waals surface area contributed by atoms with Crippen molar-refractivity contribution < 1.29 is 28.1 Å². The summed E-state index contributed by atoms with van der Waals surface area (Å²) in [5.41, 5.74) is 16.4. The molecule has 0 fully saturated rings. The number of aryl methyl sites for hydroxylation is 2. The summed E-state index contributed by atoms with van der Waals surface area (Å²) in [6, 6.07) is 47.9. The minimum absolute atomic E-state index is 0.00501. The molecular formula is C94H116F2O4. The van der Waals surface area contributed by atoms with Gasteiger partial charge >= 0.3 is 0 Å². The molecule has 10 aromatic rings. The van der Waals surface area contributed by atoms with Gasteiger partial charge in [-0.3, -0.25) is 0 Å². The summed E-state index contributed by atoms with van der Waals surface area (Å²) in [5, 5.41) is 21.2. The number of benzene rings is 10. The van der Waals surface area contributed by atoms with E-state index in [2.05, 4.69) is 262 Å². The average Bonchev–Trinajstić information content (AvgIpc) is 0.734. The van der Waals surface area contributed by atoms with Crippen LogP contribution in [-0.2, 0) is 50.4 Å². The van der Waals surface area contributed by atoms with Crippen molar-refractivity contribution in [3.8, 4) is 56.0 Å². The predicted octanol–water partition coefficient (Wildman–Crippen LogP) is 26.7. The number of unbranched alkanes of at least 4 members (excludes halogenated alkanes) is 2. The third kappa shape index (κ3) is 16.3. The SMILES string of the molecule is COCc1c(-c2cc(F)cc(C)c2OCCCCCOc2c(C)cc(F)cc2-c2cc(C(C)(C)CC(C)(C)C)cc(-c3c4cc(C(C)(C)C)ccc4cc4ccc(C(C)(C)C)cc34)c2CO)cc(C(C)(C)CC(C)(C)C)cc1-c1c2cc(C(C)(C)C)ccc2cc2ccc(C(C)(C)C)cc12. The third-order valence-corrected chi connectivity index (χ3v) is 20.7. The molecule has 0 aromatic heterocycles. The van der Waals surface area contributed by atoms with Gasteiger partial charge in [0.05, 0.1) is 26.4 Å². The van der Waals surface area contributed by atoms with E-state index in [9.17, 15) is 5.11 Å². The molecule has 0 aliphatic rings. The zero-order chi connectivity index (χ0) is 73.4. The van der Waals surface area contributed by atoms with Gasteiger partial charge in [-0.05, 0) is 282 Å². The molecule has 0 heterocycles. The first-order valence-electron chi connectivity index (χ1n) is 36.7. The Morgan fingerprint density at radius 3 is 0.950 bits per heavy atom. The molecule has 0 saturated carbocycles. The maximum Gasteiger partial charge on any atom is 0.130 e. The summed E-state index contributed by atoms with van der Waals surface area (Å²) in [7, 11) is 1.76. The van der Waals surface area contributed by atoms with Crippen molar-refractivity contribution in [1.82, 2.24) is 0 Å². The maximum absolute atomic E-state index is 16.5. The number of hydrogen-bond donors (Lipinski definition) is 1. The second-order valence-corrected chi connectivity index (χ2v) is 37.1. The highest BCUT2D eigenvalue weighted by molar-refractivity contribution is 6.15. The summed E-state index contributed by atoms with van der Waals surface area (Å²) in [6.07, 6.45) is 3.96. The minimum Gasteiger partial charge on any atom is -0.493 e. The second-order valence-electron chi connectivity index (χ2n) is 37.1. The number of aliphatic hydroxyl groups excluding tert-OH is 1. The highest BCUT2D eigenvalue weighted by Crippen LogP contribution is 2.52. The van der Waals surface area contributed by atoms with Gasteiger partial charge in [-0.25, -0.2) is 8.78 Å². The van der Waals surface area contributed by atoms with Gasteiger partial charge in [0.2, 0.25) is 0 Å². The van der Waals surface area contributed by atoms with Crippen LogP contribution in [0.3, 0.4) is 0 Å². The Morgan fingerprint density at radius 2 is 0.650 bits per heavy atom. The Morgan fingerprint density at radius 1 is 0.340 bits per heavy atom. The standard InChI is InChI=1S/C94H116F2O4/c1-57-39-69(95)51-79(75-47-67(93(21,22)55-87(3,4)5)49-77(81(75)53-97)83-71-43-63(89(9,10)11)33-29-59(71)41-60-30-34-64(44-72(60)83)90(12,13)14)85(57)99-37-27-26-28-38-100-86-58(2)40-70(96)52-80(86)76-48-68(94(23,24)56-88(6,7)8)50-78(82(76)54-98-25)84-73-45-65(91(15,16)17)35-31-61(73)42-62-32-36-66(46-74(62)84)92(18,19)20/h29-36,39-52,97H,26-28,37-38,53-56H2,1-25H3. The fourth-order valence-electron chi connectivity index (χ4n) is 16.0. The van der Waals surface area contributed by atoms with Crippen molar-refractivity contribution in [2.24, 2.45) is 10.8 Å². The van der Waals surface area contributed by atoms with Crippen LogP contribution >= 0.6 is 0 Å². The molecule has 4 nitrogen and oxygen atoms in total. The van der Waals surface area contributed by atoms with Crippen molar-refractivity contribution >= 4 is 43.1 Å². The van der Waals surface area contributed by atoms with E-state index in [4.69, 9.17) is 14.2 Å². The maximum atomic E-state index is 16.5. The number of methoxy groups -OCH3 is 1. The lowest BCUT2D eigenvalue weighted by Gasteiger charge is -2.34. The monoisotopic (exact) mass is 1350 g/mol. The molecule has 10 rings (SSSR count). The molecule has 0 unspecified atom stereocenters. The summed E-state index contributed by atoms with van der Waals surface area (Å²) in [6.45, 7) is 54.9. The number of rotatable bonds is 19. The topological polar surface area (TPSA) is 47.9 Å². The van der Waals surface area contributed by atoms with Crippen molar-refractivity contribution in [2.45, 2.75) is 244 Å². The Labute approximate surface area is 599 Å². The van der Waals surface area contributed by atoms with Gasteiger partial charge in [0.25, 0.3) is 0 Å². The zero-order valence-electron chi connectivity index (χ0n) is 65.5. The van der Waals surface area contributed by atoms with E-state index in [0.717, 1.165) is 113 Å². The van der Waals surface area contributed by atoms with Gasteiger partial charge < -0.3 is 19.3 Å². The van der Waals surface area contributed by atoms with Crippen molar-refractivity contribution in [3.63, 3.8) is 0 Å². The van der Waals surface area contributed by atoms with E-state index >= 15 is 8.78 Å². The van der Waals surface area contributed by atoms with E-state index in [1.165, 1.54) is 33.0 Å². The molecule has 0 saturated heterocycles. The van der Waals surface area contributed by atoms with Crippen molar-refractivity contribution in [3.05, 3.63) is 201 Å². The molecule has 0 amide bonds. The second kappa shape index (κ2) is 27.8. The third-order valence-electron chi connectivity index (χ3n) is 20.7. The lowest BCUT2D eigenvalue weighted by Crippen LogP contribution is -2.25. The number of ether oxygens (including phenoxy) is 3. The predicted molar refractivity (Wildman–Crippen MR) is 425 cm³/mol. The first-order valence-corrected chi connectivity index (χ1v) is 36.7. The van der Waals surface area contributed by atoms with Gasteiger partial charge in [0, 0.05) is 18.2 Å². The van der Waals surface area contributed by atoms with Crippen LogP contribution in [0.2, 0.25) is 0 Å². The molecule has 0 atom stereocenters. The van der Waals surface area contributed by atoms with Crippen LogP contribution in [0.1, 0.15) is 240 Å². The highest BCUT2D eigenvalue weighted by atomic mass is 19.1. The molecule has 6 heteroatoms. The van der Waals surface area contributed by atoms with Crippen LogP contribution in [0.15, 0.2) is 133 Å². The van der Waals surface area contributed by atoms with Crippen LogP contribution in [-0.4, -0.2) is 25.4 Å². The first kappa shape index (κ1) is 75.3. The Hall–Kier alpha value is -7.38. The number of fused-ring (bicyclic) bond motifs is 4. The van der Waals surface area contributed by atoms with E-state index < -0.39 is 0 Å². The summed E-state index contributed by atoms with van der Waals surface area (Å²) in [5.74, 6) is 0.559. The number of halogens is 2. The minimum atomic E-state index is -0.366.